The molecule has 3 aliphatic heterocycles. The second-order valence-corrected chi connectivity index (χ2v) is 11.5. The Morgan fingerprint density at radius 2 is 1.79 bits per heavy atom. The molecule has 2 unspecified atom stereocenters. The van der Waals surface area contributed by atoms with E-state index >= 15 is 0 Å². The minimum atomic E-state index is -3.61. The monoisotopic (exact) mass is 556 g/mol. The van der Waals surface area contributed by atoms with Crippen molar-refractivity contribution >= 4 is 21.8 Å². The molecular formula is C27H33FN6O4S. The van der Waals surface area contributed by atoms with Crippen molar-refractivity contribution in [2.24, 2.45) is 5.73 Å². The number of urea groups is 1. The fourth-order valence-corrected chi connectivity index (χ4v) is 6.06. The Labute approximate surface area is 227 Å². The number of sulfonamides is 1. The number of ether oxygens (including phenoxy) is 1. The van der Waals surface area contributed by atoms with E-state index in [1.54, 1.807) is 42.6 Å². The zero-order chi connectivity index (χ0) is 27.4. The average Bonchev–Trinajstić information content (AvgIpc) is 3.35. The molecule has 2 amide bonds. The number of nitrogens with one attached hydrogen (secondary N) is 4. The van der Waals surface area contributed by atoms with Crippen LogP contribution in [0.4, 0.5) is 9.18 Å². The summed E-state index contributed by atoms with van der Waals surface area (Å²) in [7, 11) is -3.61. The van der Waals surface area contributed by atoms with Crippen molar-refractivity contribution in [1.82, 2.24) is 25.6 Å². The molecule has 0 bridgehead atoms. The van der Waals surface area contributed by atoms with Crippen LogP contribution in [0.5, 0.6) is 0 Å². The minimum Gasteiger partial charge on any atom is -0.370 e. The molecule has 0 radical (unpaired) electrons. The van der Waals surface area contributed by atoms with E-state index in [-0.39, 0.29) is 42.5 Å². The van der Waals surface area contributed by atoms with Gasteiger partial charge >= 0.3 is 6.03 Å². The molecule has 1 saturated heterocycles. The molecular weight excluding hydrogens is 523 g/mol. The summed E-state index contributed by atoms with van der Waals surface area (Å²) < 4.78 is 47.4. The third-order valence-corrected chi connectivity index (χ3v) is 8.51. The quantitative estimate of drug-likeness (QED) is 0.300. The number of fused-ring (bicyclic) bond motifs is 1. The summed E-state index contributed by atoms with van der Waals surface area (Å²) in [6.07, 6.45) is 4.39. The largest absolute Gasteiger partial charge is 0.370 e. The number of nitrogens with zero attached hydrogens (tertiary/aromatic N) is 1. The smallest absolute Gasteiger partial charge is 0.323 e. The van der Waals surface area contributed by atoms with Crippen LogP contribution in [0.2, 0.25) is 0 Å². The lowest BCUT2D eigenvalue weighted by atomic mass is 10.1. The zero-order valence-electron chi connectivity index (χ0n) is 21.4. The number of hydrogen-bond acceptors (Lipinski definition) is 7. The van der Waals surface area contributed by atoms with Crippen molar-refractivity contribution in [2.75, 3.05) is 26.2 Å². The average molecular weight is 557 g/mol. The van der Waals surface area contributed by atoms with E-state index in [1.165, 1.54) is 17.0 Å². The summed E-state index contributed by atoms with van der Waals surface area (Å²) >= 11 is 0. The maximum Gasteiger partial charge on any atom is 0.323 e. The third-order valence-electron chi connectivity index (χ3n) is 6.98. The van der Waals surface area contributed by atoms with Gasteiger partial charge < -0.3 is 26.4 Å². The number of nitrogens with two attached hydrogens (primary N) is 1. The number of piperidine rings is 1. The highest BCUT2D eigenvalue weighted by molar-refractivity contribution is 7.89. The lowest BCUT2D eigenvalue weighted by molar-refractivity contribution is 0.0333. The van der Waals surface area contributed by atoms with Gasteiger partial charge in [-0.1, -0.05) is 24.3 Å². The number of rotatable bonds is 10. The molecule has 0 saturated carbocycles. The molecule has 6 N–H and O–H groups in total. The Morgan fingerprint density at radius 1 is 1.08 bits per heavy atom. The summed E-state index contributed by atoms with van der Waals surface area (Å²) in [5, 5.41) is 9.43. The van der Waals surface area contributed by atoms with Crippen LogP contribution in [0.25, 0.3) is 5.70 Å². The molecule has 5 rings (SSSR count). The molecule has 3 aliphatic rings. The van der Waals surface area contributed by atoms with Gasteiger partial charge in [-0.3, -0.25) is 4.90 Å². The van der Waals surface area contributed by atoms with Crippen LogP contribution in [0.3, 0.4) is 0 Å². The molecule has 0 spiro atoms. The van der Waals surface area contributed by atoms with Gasteiger partial charge in [0.25, 0.3) is 0 Å². The van der Waals surface area contributed by atoms with Crippen LogP contribution in [0.15, 0.2) is 71.3 Å². The number of benzene rings is 2. The Balaban J connectivity index is 1.22. The molecule has 39 heavy (non-hydrogen) atoms. The Morgan fingerprint density at radius 3 is 2.49 bits per heavy atom. The van der Waals surface area contributed by atoms with Crippen molar-refractivity contribution in [3.8, 4) is 0 Å². The zero-order valence-corrected chi connectivity index (χ0v) is 22.2. The number of hydrogen-bond donors (Lipinski definition) is 5. The highest BCUT2D eigenvalue weighted by Crippen LogP contribution is 2.27. The van der Waals surface area contributed by atoms with Crippen LogP contribution in [0, 0.1) is 5.82 Å². The van der Waals surface area contributed by atoms with E-state index in [0.29, 0.717) is 0 Å². The molecule has 208 valence electrons. The standard InChI is InChI=1S/C27H33FN6O4S/c28-21-5-1-18(2-6-21)17-38-23(14-29)16-34-15-20-13-25(31-26(20)32-27(34)35)19-3-7-24(8-4-19)39(36,37)33-22-9-11-30-12-10-22/h1-8,13,15,22-23,26,30-31,33H,9-12,14,16-17,29H2,(H,32,35). The lowest BCUT2D eigenvalue weighted by Crippen LogP contribution is -2.53. The van der Waals surface area contributed by atoms with Crippen molar-refractivity contribution in [2.45, 2.75) is 42.7 Å². The fourth-order valence-electron chi connectivity index (χ4n) is 4.76. The SMILES string of the molecule is NCC(CN1C=C2C=C(c3ccc(S(=O)(=O)NC4CCNCC4)cc3)NC2NC1=O)OCc1ccc(F)cc1. The molecule has 2 aromatic carbocycles. The minimum absolute atomic E-state index is 0.0658. The molecule has 12 heteroatoms. The fraction of sp³-hybridized carbons (Fsp3) is 0.370. The highest BCUT2D eigenvalue weighted by Gasteiger charge is 2.31. The molecule has 10 nitrogen and oxygen atoms in total. The first kappa shape index (κ1) is 27.3. The normalized spacial score (nSPS) is 20.5. The Kier molecular flexibility index (Phi) is 8.29. The molecule has 0 aromatic heterocycles. The first-order valence-corrected chi connectivity index (χ1v) is 14.5. The van der Waals surface area contributed by atoms with Gasteiger partial charge in [0.05, 0.1) is 24.2 Å². The predicted molar refractivity (Wildman–Crippen MR) is 145 cm³/mol. The van der Waals surface area contributed by atoms with Gasteiger partial charge in [0, 0.05) is 30.1 Å². The molecule has 3 heterocycles. The second kappa shape index (κ2) is 11.8. The molecule has 2 aromatic rings. The predicted octanol–water partition coefficient (Wildman–Crippen LogP) is 1.58. The molecule has 0 aliphatic carbocycles. The van der Waals surface area contributed by atoms with E-state index < -0.39 is 22.3 Å². The third kappa shape index (κ3) is 6.65. The van der Waals surface area contributed by atoms with Gasteiger partial charge in [0.1, 0.15) is 12.0 Å². The number of halogens is 1. The van der Waals surface area contributed by atoms with Gasteiger partial charge in [-0.25, -0.2) is 22.3 Å². The van der Waals surface area contributed by atoms with Crippen molar-refractivity contribution in [1.29, 1.82) is 0 Å². The highest BCUT2D eigenvalue weighted by atomic mass is 32.2. The van der Waals surface area contributed by atoms with Crippen molar-refractivity contribution in [3.05, 3.63) is 83.3 Å². The number of amides is 2. The molecule has 1 fully saturated rings. The summed E-state index contributed by atoms with van der Waals surface area (Å²) in [6, 6.07) is 12.4. The summed E-state index contributed by atoms with van der Waals surface area (Å²) in [5.74, 6) is -0.316. The van der Waals surface area contributed by atoms with E-state index in [1.807, 2.05) is 6.08 Å². The van der Waals surface area contributed by atoms with Crippen LogP contribution in [-0.2, 0) is 21.4 Å². The van der Waals surface area contributed by atoms with Gasteiger partial charge in [0.2, 0.25) is 10.0 Å². The van der Waals surface area contributed by atoms with Crippen LogP contribution >= 0.6 is 0 Å². The van der Waals surface area contributed by atoms with Crippen LogP contribution < -0.4 is 26.4 Å². The molecule has 2 atom stereocenters. The Bertz CT molecular complexity index is 1340. The lowest BCUT2D eigenvalue weighted by Gasteiger charge is -2.31. The summed E-state index contributed by atoms with van der Waals surface area (Å²) in [5.41, 5.74) is 9.12. The van der Waals surface area contributed by atoms with Crippen LogP contribution in [-0.4, -0.2) is 63.8 Å². The maximum atomic E-state index is 13.1. The second-order valence-electron chi connectivity index (χ2n) is 9.83. The van der Waals surface area contributed by atoms with E-state index in [0.717, 1.165) is 48.3 Å². The number of carbonyl (C=O) groups is 1. The summed E-state index contributed by atoms with van der Waals surface area (Å²) in [6.45, 7) is 2.30. The first-order valence-electron chi connectivity index (χ1n) is 13.0. The van der Waals surface area contributed by atoms with E-state index in [4.69, 9.17) is 10.5 Å². The summed E-state index contributed by atoms with van der Waals surface area (Å²) in [4.78, 5) is 14.5. The van der Waals surface area contributed by atoms with E-state index in [9.17, 15) is 17.6 Å². The van der Waals surface area contributed by atoms with Crippen molar-refractivity contribution < 1.29 is 22.3 Å². The van der Waals surface area contributed by atoms with Gasteiger partial charge in [-0.05, 0) is 67.4 Å². The van der Waals surface area contributed by atoms with Gasteiger partial charge in [0.15, 0.2) is 0 Å². The van der Waals surface area contributed by atoms with Gasteiger partial charge in [-0.15, -0.1) is 0 Å². The van der Waals surface area contributed by atoms with Gasteiger partial charge in [-0.2, -0.15) is 0 Å². The van der Waals surface area contributed by atoms with Crippen molar-refractivity contribution in [3.63, 3.8) is 0 Å². The van der Waals surface area contributed by atoms with E-state index in [2.05, 4.69) is 20.7 Å². The maximum absolute atomic E-state index is 13.1. The Hall–Kier alpha value is -3.29. The number of carbonyl (C=O) groups excluding carboxylic acids is 1. The van der Waals surface area contributed by atoms with Crippen LogP contribution in [0.1, 0.15) is 24.0 Å². The topological polar surface area (TPSA) is 138 Å². The first-order chi connectivity index (χ1) is 18.8.